The topological polar surface area (TPSA) is 8.17 Å². The van der Waals surface area contributed by atoms with Gasteiger partial charge in [-0.25, -0.2) is 0 Å². The summed E-state index contributed by atoms with van der Waals surface area (Å²) in [5.74, 6) is 0. The lowest BCUT2D eigenvalue weighted by atomic mass is 10.00. The third-order valence-corrected chi connectivity index (χ3v) is 11.1. The first-order valence-electron chi connectivity index (χ1n) is 17.4. The van der Waals surface area contributed by atoms with E-state index < -0.39 is 0 Å². The molecule has 0 spiro atoms. The largest absolute Gasteiger partial charge is 0.309 e. The molecular weight excluding hydrogens is 637 g/mol. The highest BCUT2D eigenvalue weighted by atomic mass is 32.1. The Bertz CT molecular complexity index is 2850. The van der Waals surface area contributed by atoms with Gasteiger partial charge >= 0.3 is 0 Å². The van der Waals surface area contributed by atoms with Crippen molar-refractivity contribution in [2.75, 3.05) is 4.90 Å². The maximum Gasteiger partial charge on any atom is 0.0562 e. The lowest BCUT2D eigenvalue weighted by molar-refractivity contribution is 1.19. The Morgan fingerprint density at radius 3 is 1.82 bits per heavy atom. The van der Waals surface area contributed by atoms with Crippen LogP contribution < -0.4 is 4.90 Å². The number of nitrogens with zero attached hydrogens (tertiary/aromatic N) is 2. The number of thiophene rings is 1. The van der Waals surface area contributed by atoms with E-state index >= 15 is 0 Å². The molecule has 0 amide bonds. The Morgan fingerprint density at radius 1 is 0.392 bits per heavy atom. The highest BCUT2D eigenvalue weighted by Gasteiger charge is 2.23. The van der Waals surface area contributed by atoms with Crippen LogP contribution in [0.25, 0.3) is 69.9 Å². The van der Waals surface area contributed by atoms with E-state index in [0.29, 0.717) is 0 Å². The monoisotopic (exact) mass is 668 g/mol. The number of hydrogen-bond donors (Lipinski definition) is 0. The number of aromatic nitrogens is 1. The van der Waals surface area contributed by atoms with Gasteiger partial charge in [-0.15, -0.1) is 11.3 Å². The molecule has 2 aromatic heterocycles. The SMILES string of the molecule is c1ccc(-c2ccc(N(c3ccccc3-c3ccccc3)c3cccc4c3c3ccccc3n4-c3ccc4sc5ccccc5c4c3)cc2)cc1. The van der Waals surface area contributed by atoms with Crippen molar-refractivity contribution in [3.8, 4) is 27.9 Å². The fourth-order valence-corrected chi connectivity index (χ4v) is 8.78. The molecule has 0 saturated heterocycles. The van der Waals surface area contributed by atoms with Gasteiger partial charge in [-0.05, 0) is 77.4 Å². The van der Waals surface area contributed by atoms with Crippen LogP contribution in [-0.4, -0.2) is 4.57 Å². The van der Waals surface area contributed by atoms with E-state index in [4.69, 9.17) is 0 Å². The van der Waals surface area contributed by atoms with Gasteiger partial charge in [0, 0.05) is 47.9 Å². The lowest BCUT2D eigenvalue weighted by Crippen LogP contribution is -2.11. The molecule has 51 heavy (non-hydrogen) atoms. The minimum absolute atomic E-state index is 1.11. The smallest absolute Gasteiger partial charge is 0.0562 e. The summed E-state index contributed by atoms with van der Waals surface area (Å²) in [6.45, 7) is 0. The summed E-state index contributed by atoms with van der Waals surface area (Å²) < 4.78 is 5.07. The van der Waals surface area contributed by atoms with Crippen molar-refractivity contribution in [1.82, 2.24) is 4.57 Å². The fraction of sp³-hybridized carbons (Fsp3) is 0. The van der Waals surface area contributed by atoms with Crippen molar-refractivity contribution in [3.05, 3.63) is 194 Å². The first-order valence-corrected chi connectivity index (χ1v) is 18.2. The maximum atomic E-state index is 2.45. The van der Waals surface area contributed by atoms with Crippen LogP contribution in [0.2, 0.25) is 0 Å². The number of anilines is 3. The van der Waals surface area contributed by atoms with Crippen LogP contribution in [0.3, 0.4) is 0 Å². The van der Waals surface area contributed by atoms with Gasteiger partial charge in [0.15, 0.2) is 0 Å². The minimum atomic E-state index is 1.11. The van der Waals surface area contributed by atoms with Crippen LogP contribution >= 0.6 is 11.3 Å². The van der Waals surface area contributed by atoms with Crippen molar-refractivity contribution in [2.24, 2.45) is 0 Å². The molecule has 0 bridgehead atoms. The Hall–Kier alpha value is -6.42. The number of rotatable bonds is 6. The van der Waals surface area contributed by atoms with Crippen LogP contribution in [0, 0.1) is 0 Å². The van der Waals surface area contributed by atoms with Crippen LogP contribution in [-0.2, 0) is 0 Å². The highest BCUT2D eigenvalue weighted by Crippen LogP contribution is 2.47. The van der Waals surface area contributed by atoms with E-state index in [0.717, 1.165) is 22.7 Å². The zero-order valence-electron chi connectivity index (χ0n) is 27.8. The molecule has 0 N–H and O–H groups in total. The summed E-state index contributed by atoms with van der Waals surface area (Å²) in [6, 6.07) is 70.4. The van der Waals surface area contributed by atoms with Crippen molar-refractivity contribution in [3.63, 3.8) is 0 Å². The second-order valence-electron chi connectivity index (χ2n) is 12.9. The molecule has 2 nitrogen and oxygen atoms in total. The second-order valence-corrected chi connectivity index (χ2v) is 14.0. The normalized spacial score (nSPS) is 11.5. The zero-order chi connectivity index (χ0) is 33.7. The van der Waals surface area contributed by atoms with E-state index in [9.17, 15) is 0 Å². The molecule has 0 fully saturated rings. The molecule has 0 aliphatic carbocycles. The van der Waals surface area contributed by atoms with Crippen LogP contribution in [0.1, 0.15) is 0 Å². The van der Waals surface area contributed by atoms with Gasteiger partial charge in [0.05, 0.1) is 22.4 Å². The first-order chi connectivity index (χ1) is 25.3. The molecule has 3 heteroatoms. The average molecular weight is 669 g/mol. The van der Waals surface area contributed by atoms with Gasteiger partial charge in [0.1, 0.15) is 0 Å². The summed E-state index contributed by atoms with van der Waals surface area (Å²) >= 11 is 1.86. The molecule has 0 radical (unpaired) electrons. The van der Waals surface area contributed by atoms with Gasteiger partial charge in [-0.1, -0.05) is 133 Å². The zero-order valence-corrected chi connectivity index (χ0v) is 28.6. The summed E-state index contributed by atoms with van der Waals surface area (Å²) in [7, 11) is 0. The molecular formula is C48H32N2S. The molecule has 0 atom stereocenters. The van der Waals surface area contributed by atoms with Crippen LogP contribution in [0.4, 0.5) is 17.1 Å². The predicted molar refractivity (Wildman–Crippen MR) is 219 cm³/mol. The highest BCUT2D eigenvalue weighted by molar-refractivity contribution is 7.25. The van der Waals surface area contributed by atoms with Crippen molar-refractivity contribution in [2.45, 2.75) is 0 Å². The molecule has 0 unspecified atom stereocenters. The summed E-state index contributed by atoms with van der Waals surface area (Å²) in [5, 5.41) is 5.05. The Morgan fingerprint density at radius 2 is 1.00 bits per heavy atom. The standard InChI is InChI=1S/C48H32N2S/c1-3-14-33(15-4-1)34-26-28-36(29-27-34)49(42-21-10-7-18-38(42)35-16-5-2-6-17-35)44-23-13-24-45-48(44)40-20-8-11-22-43(40)50(45)37-30-31-47-41(32-37)39-19-9-12-25-46(39)51-47/h1-32H. The van der Waals surface area contributed by atoms with Gasteiger partial charge in [0.25, 0.3) is 0 Å². The molecule has 8 aromatic carbocycles. The average Bonchev–Trinajstić information content (AvgIpc) is 3.75. The molecule has 0 saturated carbocycles. The van der Waals surface area contributed by atoms with Gasteiger partial charge < -0.3 is 9.47 Å². The second kappa shape index (κ2) is 12.2. The van der Waals surface area contributed by atoms with E-state index in [1.165, 1.54) is 64.2 Å². The Balaban J connectivity index is 1.24. The molecule has 0 aliphatic rings. The van der Waals surface area contributed by atoms with Crippen LogP contribution in [0.15, 0.2) is 194 Å². The molecule has 0 aliphatic heterocycles. The first kappa shape index (κ1) is 29.5. The quantitative estimate of drug-likeness (QED) is 0.171. The third kappa shape index (κ3) is 4.93. The van der Waals surface area contributed by atoms with E-state index in [2.05, 4.69) is 204 Å². The maximum absolute atomic E-state index is 2.45. The van der Waals surface area contributed by atoms with E-state index in [-0.39, 0.29) is 0 Å². The van der Waals surface area contributed by atoms with E-state index in [1.807, 2.05) is 11.3 Å². The van der Waals surface area contributed by atoms with Crippen molar-refractivity contribution >= 4 is 70.4 Å². The van der Waals surface area contributed by atoms with Gasteiger partial charge in [-0.3, -0.25) is 0 Å². The summed E-state index contributed by atoms with van der Waals surface area (Å²) in [5.41, 5.74) is 11.7. The number of hydrogen-bond acceptors (Lipinski definition) is 2. The van der Waals surface area contributed by atoms with Gasteiger partial charge in [0.2, 0.25) is 0 Å². The summed E-state index contributed by atoms with van der Waals surface area (Å²) in [6.07, 6.45) is 0. The molecule has 240 valence electrons. The van der Waals surface area contributed by atoms with Gasteiger partial charge in [-0.2, -0.15) is 0 Å². The van der Waals surface area contributed by atoms with Crippen molar-refractivity contribution < 1.29 is 0 Å². The Kier molecular flexibility index (Phi) is 7.04. The molecule has 10 aromatic rings. The Labute approximate surface area is 300 Å². The number of benzene rings is 8. The third-order valence-electron chi connectivity index (χ3n) is 10.00. The number of para-hydroxylation sites is 2. The lowest BCUT2D eigenvalue weighted by Gasteiger charge is -2.29. The summed E-state index contributed by atoms with van der Waals surface area (Å²) in [4.78, 5) is 2.45. The fourth-order valence-electron chi connectivity index (χ4n) is 7.69. The number of fused-ring (bicyclic) bond motifs is 6. The van der Waals surface area contributed by atoms with Crippen molar-refractivity contribution in [1.29, 1.82) is 0 Å². The predicted octanol–water partition coefficient (Wildman–Crippen LogP) is 14.0. The molecule has 2 heterocycles. The minimum Gasteiger partial charge on any atom is -0.309 e. The molecule has 10 rings (SSSR count). The van der Waals surface area contributed by atoms with Crippen LogP contribution in [0.5, 0.6) is 0 Å². The van der Waals surface area contributed by atoms with E-state index in [1.54, 1.807) is 0 Å².